The summed E-state index contributed by atoms with van der Waals surface area (Å²) >= 11 is 6.28. The Hall–Kier alpha value is -2.53. The second-order valence-electron chi connectivity index (χ2n) is 7.16. The van der Waals surface area contributed by atoms with E-state index in [1.54, 1.807) is 36.1 Å². The molecule has 2 aromatic carbocycles. The minimum absolute atomic E-state index is 0.0150. The molecule has 1 fully saturated rings. The van der Waals surface area contributed by atoms with Crippen molar-refractivity contribution in [2.45, 2.75) is 18.3 Å². The minimum Gasteiger partial charge on any atom is -0.497 e. The van der Waals surface area contributed by atoms with E-state index in [9.17, 15) is 9.59 Å². The van der Waals surface area contributed by atoms with Gasteiger partial charge in [-0.05, 0) is 35.7 Å². The van der Waals surface area contributed by atoms with Crippen LogP contribution in [0, 0.1) is 0 Å². The first-order valence-electron chi connectivity index (χ1n) is 8.94. The third-order valence-electron chi connectivity index (χ3n) is 5.72. The lowest BCUT2D eigenvalue weighted by Crippen LogP contribution is -2.42. The Morgan fingerprint density at radius 3 is 2.78 bits per heavy atom. The summed E-state index contributed by atoms with van der Waals surface area (Å²) in [5, 5.41) is 0.513. The van der Waals surface area contributed by atoms with E-state index in [4.69, 9.17) is 16.3 Å². The van der Waals surface area contributed by atoms with Gasteiger partial charge in [0.05, 0.1) is 18.9 Å². The summed E-state index contributed by atoms with van der Waals surface area (Å²) in [5.74, 6) is 0.716. The molecule has 27 heavy (non-hydrogen) atoms. The van der Waals surface area contributed by atoms with Crippen LogP contribution in [0.5, 0.6) is 5.75 Å². The number of carbonyl (C=O) groups excluding carboxylic acids is 2. The molecule has 5 nitrogen and oxygen atoms in total. The maximum absolute atomic E-state index is 13.0. The van der Waals surface area contributed by atoms with Gasteiger partial charge in [-0.3, -0.25) is 9.59 Å². The standard InChI is InChI=1S/C21H21ClN2O3/c1-23-18-6-4-3-5-16(18)21(20(23)26)9-10-24(13-21)19(25)11-14-7-8-15(27-2)12-17(14)22/h3-8,12H,9-11,13H2,1-2H3. The molecule has 2 aliphatic rings. The van der Waals surface area contributed by atoms with Gasteiger partial charge in [-0.1, -0.05) is 35.9 Å². The van der Waals surface area contributed by atoms with E-state index < -0.39 is 5.41 Å². The van der Waals surface area contributed by atoms with Gasteiger partial charge < -0.3 is 14.5 Å². The van der Waals surface area contributed by atoms with E-state index in [0.717, 1.165) is 16.8 Å². The predicted molar refractivity (Wildman–Crippen MR) is 104 cm³/mol. The SMILES string of the molecule is COc1ccc(CC(=O)N2CCC3(C2)C(=O)N(C)c2ccccc23)c(Cl)c1. The molecule has 1 spiro atoms. The first kappa shape index (κ1) is 17.9. The van der Waals surface area contributed by atoms with Gasteiger partial charge in [0.25, 0.3) is 0 Å². The Morgan fingerprint density at radius 1 is 1.26 bits per heavy atom. The molecule has 2 heterocycles. The maximum atomic E-state index is 13.0. The fraction of sp³-hybridized carbons (Fsp3) is 0.333. The zero-order valence-corrected chi connectivity index (χ0v) is 16.1. The van der Waals surface area contributed by atoms with Crippen molar-refractivity contribution in [2.75, 3.05) is 32.1 Å². The molecule has 1 atom stereocenters. The third-order valence-corrected chi connectivity index (χ3v) is 6.07. The average molecular weight is 385 g/mol. The highest BCUT2D eigenvalue weighted by atomic mass is 35.5. The second-order valence-corrected chi connectivity index (χ2v) is 7.57. The molecule has 2 aromatic rings. The summed E-state index contributed by atoms with van der Waals surface area (Å²) in [6, 6.07) is 13.2. The van der Waals surface area contributed by atoms with E-state index >= 15 is 0 Å². The number of anilines is 1. The molecular weight excluding hydrogens is 364 g/mol. The zero-order valence-electron chi connectivity index (χ0n) is 15.4. The number of likely N-dealkylation sites (N-methyl/N-ethyl adjacent to an activating group) is 1. The van der Waals surface area contributed by atoms with Crippen molar-refractivity contribution in [1.82, 2.24) is 4.90 Å². The molecule has 0 N–H and O–H groups in total. The molecule has 1 saturated heterocycles. The van der Waals surface area contributed by atoms with Crippen molar-refractivity contribution < 1.29 is 14.3 Å². The Bertz CT molecular complexity index is 929. The number of hydrogen-bond donors (Lipinski definition) is 0. The van der Waals surface area contributed by atoms with Crippen LogP contribution in [-0.2, 0) is 21.4 Å². The number of hydrogen-bond acceptors (Lipinski definition) is 3. The van der Waals surface area contributed by atoms with Crippen molar-refractivity contribution in [3.8, 4) is 5.75 Å². The molecule has 0 saturated carbocycles. The van der Waals surface area contributed by atoms with E-state index in [2.05, 4.69) is 0 Å². The fourth-order valence-electron chi connectivity index (χ4n) is 4.21. The van der Waals surface area contributed by atoms with E-state index in [1.807, 2.05) is 30.3 Å². The normalized spacial score (nSPS) is 21.1. The van der Waals surface area contributed by atoms with Gasteiger partial charge in [-0.25, -0.2) is 0 Å². The summed E-state index contributed by atoms with van der Waals surface area (Å²) in [6.07, 6.45) is 0.861. The quantitative estimate of drug-likeness (QED) is 0.817. The largest absolute Gasteiger partial charge is 0.497 e. The Labute approximate surface area is 163 Å². The molecule has 1 unspecified atom stereocenters. The summed E-state index contributed by atoms with van der Waals surface area (Å²) in [5.41, 5.74) is 2.11. The molecule has 0 aliphatic carbocycles. The lowest BCUT2D eigenvalue weighted by atomic mass is 9.81. The van der Waals surface area contributed by atoms with Gasteiger partial charge >= 0.3 is 0 Å². The number of likely N-dealkylation sites (tertiary alicyclic amines) is 1. The molecule has 140 valence electrons. The van der Waals surface area contributed by atoms with Crippen LogP contribution in [0.1, 0.15) is 17.5 Å². The molecular formula is C21H21ClN2O3. The van der Waals surface area contributed by atoms with Crippen molar-refractivity contribution in [1.29, 1.82) is 0 Å². The number of ether oxygens (including phenoxy) is 1. The van der Waals surface area contributed by atoms with Crippen LogP contribution >= 0.6 is 11.6 Å². The zero-order chi connectivity index (χ0) is 19.2. The van der Waals surface area contributed by atoms with E-state index in [-0.39, 0.29) is 18.2 Å². The molecule has 0 bridgehead atoms. The van der Waals surface area contributed by atoms with Gasteiger partial charge in [-0.15, -0.1) is 0 Å². The summed E-state index contributed by atoms with van der Waals surface area (Å²) in [7, 11) is 3.38. The Kier molecular flexibility index (Phi) is 4.35. The smallest absolute Gasteiger partial charge is 0.239 e. The van der Waals surface area contributed by atoms with Crippen molar-refractivity contribution in [2.24, 2.45) is 0 Å². The summed E-state index contributed by atoms with van der Waals surface area (Å²) in [4.78, 5) is 29.4. The van der Waals surface area contributed by atoms with Gasteiger partial charge in [0.1, 0.15) is 5.75 Å². The van der Waals surface area contributed by atoms with Crippen LogP contribution in [0.4, 0.5) is 5.69 Å². The molecule has 0 aromatic heterocycles. The number of nitrogens with zero attached hydrogens (tertiary/aromatic N) is 2. The highest BCUT2D eigenvalue weighted by molar-refractivity contribution is 6.31. The van der Waals surface area contributed by atoms with Crippen molar-refractivity contribution in [3.05, 3.63) is 58.6 Å². The van der Waals surface area contributed by atoms with Crippen molar-refractivity contribution >= 4 is 29.1 Å². The van der Waals surface area contributed by atoms with Crippen LogP contribution in [0.15, 0.2) is 42.5 Å². The summed E-state index contributed by atoms with van der Waals surface area (Å²) in [6.45, 7) is 0.986. The van der Waals surface area contributed by atoms with E-state index in [1.165, 1.54) is 0 Å². The van der Waals surface area contributed by atoms with Crippen LogP contribution < -0.4 is 9.64 Å². The fourth-order valence-corrected chi connectivity index (χ4v) is 4.44. The van der Waals surface area contributed by atoms with Crippen LogP contribution in [0.25, 0.3) is 0 Å². The number of halogens is 1. The van der Waals surface area contributed by atoms with Crippen LogP contribution in [0.2, 0.25) is 5.02 Å². The monoisotopic (exact) mass is 384 g/mol. The minimum atomic E-state index is -0.620. The third kappa shape index (κ3) is 2.77. The maximum Gasteiger partial charge on any atom is 0.239 e. The van der Waals surface area contributed by atoms with Gasteiger partial charge in [-0.2, -0.15) is 0 Å². The molecule has 6 heteroatoms. The predicted octanol–water partition coefficient (Wildman–Crippen LogP) is 3.04. The number of methoxy groups -OCH3 is 1. The van der Waals surface area contributed by atoms with E-state index in [0.29, 0.717) is 30.3 Å². The first-order valence-corrected chi connectivity index (χ1v) is 9.32. The van der Waals surface area contributed by atoms with Gasteiger partial charge in [0, 0.05) is 30.8 Å². The molecule has 2 amide bonds. The number of rotatable bonds is 3. The van der Waals surface area contributed by atoms with Crippen LogP contribution in [0.3, 0.4) is 0 Å². The molecule has 4 rings (SSSR count). The molecule has 0 radical (unpaired) electrons. The summed E-state index contributed by atoms with van der Waals surface area (Å²) < 4.78 is 5.15. The average Bonchev–Trinajstić information content (AvgIpc) is 3.22. The highest BCUT2D eigenvalue weighted by Crippen LogP contribution is 2.46. The Morgan fingerprint density at radius 2 is 2.04 bits per heavy atom. The number of fused-ring (bicyclic) bond motifs is 2. The number of para-hydroxylation sites is 1. The highest BCUT2D eigenvalue weighted by Gasteiger charge is 2.54. The second kappa shape index (κ2) is 6.57. The number of benzene rings is 2. The lowest BCUT2D eigenvalue weighted by Gasteiger charge is -2.23. The first-order chi connectivity index (χ1) is 13.0. The van der Waals surface area contributed by atoms with Gasteiger partial charge in [0.15, 0.2) is 0 Å². The molecule has 2 aliphatic heterocycles. The van der Waals surface area contributed by atoms with Gasteiger partial charge in [0.2, 0.25) is 11.8 Å². The van der Waals surface area contributed by atoms with Crippen LogP contribution in [-0.4, -0.2) is 44.0 Å². The van der Waals surface area contributed by atoms with Crippen molar-refractivity contribution in [3.63, 3.8) is 0 Å². The topological polar surface area (TPSA) is 49.9 Å². The lowest BCUT2D eigenvalue weighted by molar-refractivity contribution is -0.130. The number of amides is 2. The number of carbonyl (C=O) groups is 2. The Balaban J connectivity index is 1.55.